The van der Waals surface area contributed by atoms with Gasteiger partial charge in [0.1, 0.15) is 13.1 Å². The van der Waals surface area contributed by atoms with Crippen molar-refractivity contribution >= 4 is 0 Å². The molecule has 0 saturated heterocycles. The zero-order valence-electron chi connectivity index (χ0n) is 7.09. The van der Waals surface area contributed by atoms with Crippen LogP contribution in [0.25, 0.3) is 0 Å². The maximum absolute atomic E-state index is 8.46. The summed E-state index contributed by atoms with van der Waals surface area (Å²) < 4.78 is 0.628. The van der Waals surface area contributed by atoms with Crippen LogP contribution in [0.1, 0.15) is 0 Å². The zero-order chi connectivity index (χ0) is 8.91. The van der Waals surface area contributed by atoms with Crippen LogP contribution in [0.15, 0.2) is 12.2 Å². The van der Waals surface area contributed by atoms with Gasteiger partial charge in [0.05, 0.1) is 25.7 Å². The van der Waals surface area contributed by atoms with Crippen LogP contribution < -0.4 is 0 Å². The lowest BCUT2D eigenvalue weighted by molar-refractivity contribution is -0.878. The Balaban J connectivity index is 4.06. The molecule has 0 radical (unpaired) electrons. The second-order valence-electron chi connectivity index (χ2n) is 3.17. The average molecular weight is 149 g/mol. The van der Waals surface area contributed by atoms with Crippen LogP contribution in [0.4, 0.5) is 0 Å². The van der Waals surface area contributed by atoms with Crippen LogP contribution in [0.3, 0.4) is 0 Å². The number of quaternary nitrogens is 1. The van der Waals surface area contributed by atoms with Crippen LogP contribution >= 0.6 is 0 Å². The molecule has 0 atom stereocenters. The van der Waals surface area contributed by atoms with Crippen molar-refractivity contribution in [1.29, 1.82) is 5.26 Å². The molecule has 0 aliphatic carbocycles. The first-order valence-electron chi connectivity index (χ1n) is 3.35. The molecule has 0 spiro atoms. The van der Waals surface area contributed by atoms with Crippen LogP contribution in [0.2, 0.25) is 0 Å². The molecule has 0 unspecified atom stereocenters. The van der Waals surface area contributed by atoms with E-state index in [9.17, 15) is 0 Å². The number of nitrogens with zero attached hydrogens (tertiary/aromatic N) is 2. The van der Waals surface area contributed by atoms with Gasteiger partial charge >= 0.3 is 0 Å². The van der Waals surface area contributed by atoms with Gasteiger partial charge < -0.3 is 4.48 Å². The van der Waals surface area contributed by atoms with Crippen LogP contribution in [-0.4, -0.2) is 31.7 Å². The van der Waals surface area contributed by atoms with Crippen molar-refractivity contribution in [1.82, 2.24) is 0 Å². The fourth-order valence-corrected chi connectivity index (χ4v) is 0.855. The third-order valence-electron chi connectivity index (χ3n) is 1.30. The molecule has 0 N–H and O–H groups in total. The van der Waals surface area contributed by atoms with Crippen molar-refractivity contribution in [2.75, 3.05) is 27.2 Å². The maximum atomic E-state index is 8.46. The molecule has 2 heteroatoms. The molecule has 0 bridgehead atoms. The molecule has 0 saturated carbocycles. The lowest BCUT2D eigenvalue weighted by atomic mass is 10.3. The summed E-state index contributed by atoms with van der Waals surface area (Å²) >= 11 is 0. The van der Waals surface area contributed by atoms with E-state index in [0.717, 1.165) is 0 Å². The highest BCUT2D eigenvalue weighted by Gasteiger charge is 2.13. The van der Waals surface area contributed by atoms with E-state index in [4.69, 9.17) is 11.7 Å². The summed E-state index contributed by atoms with van der Waals surface area (Å²) in [5.41, 5.74) is 0.574. The topological polar surface area (TPSA) is 23.8 Å². The summed E-state index contributed by atoms with van der Waals surface area (Å²) in [7, 11) is 3.95. The third kappa shape index (κ3) is 4.19. The molecule has 0 fully saturated rings. The van der Waals surface area contributed by atoms with Gasteiger partial charge in [-0.2, -0.15) is 5.26 Å². The number of nitriles is 1. The van der Waals surface area contributed by atoms with E-state index < -0.39 is 0 Å². The van der Waals surface area contributed by atoms with Crippen LogP contribution in [-0.2, 0) is 0 Å². The van der Waals surface area contributed by atoms with Gasteiger partial charge in [0.15, 0.2) is 0 Å². The Morgan fingerprint density at radius 2 is 2.18 bits per heavy atom. The smallest absolute Gasteiger partial charge is 0.140 e. The lowest BCUT2D eigenvalue weighted by Gasteiger charge is -2.26. The number of hydrogen-bond acceptors (Lipinski definition) is 1. The molecule has 0 aromatic heterocycles. The Labute approximate surface area is 68.3 Å². The SMILES string of the molecule is C#CC[N+](C)(C)CC(=C)C#N. The Bertz CT molecular complexity index is 225. The Morgan fingerprint density at radius 3 is 2.55 bits per heavy atom. The Hall–Kier alpha value is -1.25. The van der Waals surface area contributed by atoms with Crippen molar-refractivity contribution in [3.05, 3.63) is 12.2 Å². The molecule has 0 aliphatic heterocycles. The van der Waals surface area contributed by atoms with Gasteiger partial charge in [0, 0.05) is 0 Å². The van der Waals surface area contributed by atoms with E-state index in [1.807, 2.05) is 20.2 Å². The summed E-state index contributed by atoms with van der Waals surface area (Å²) in [4.78, 5) is 0. The highest BCUT2D eigenvalue weighted by atomic mass is 15.3. The highest BCUT2D eigenvalue weighted by Crippen LogP contribution is 2.00. The lowest BCUT2D eigenvalue weighted by Crippen LogP contribution is -2.41. The normalized spacial score (nSPS) is 9.82. The van der Waals surface area contributed by atoms with Gasteiger partial charge in [-0.05, 0) is 5.92 Å². The van der Waals surface area contributed by atoms with Crippen molar-refractivity contribution in [3.63, 3.8) is 0 Å². The van der Waals surface area contributed by atoms with E-state index in [2.05, 4.69) is 12.5 Å². The van der Waals surface area contributed by atoms with Gasteiger partial charge in [-0.3, -0.25) is 0 Å². The van der Waals surface area contributed by atoms with E-state index in [1.165, 1.54) is 0 Å². The quantitative estimate of drug-likeness (QED) is 0.330. The summed E-state index contributed by atoms with van der Waals surface area (Å²) in [6, 6.07) is 2.00. The summed E-state index contributed by atoms with van der Waals surface area (Å²) in [6.45, 7) is 4.85. The summed E-state index contributed by atoms with van der Waals surface area (Å²) in [5.74, 6) is 2.56. The minimum atomic E-state index is 0.574. The molecule has 0 heterocycles. The standard InChI is InChI=1S/C9H13N2/c1-5-6-11(3,4)8-9(2)7-10/h1H,2,6,8H2,3-4H3/q+1. The molecule has 11 heavy (non-hydrogen) atoms. The molecule has 58 valence electrons. The van der Waals surface area contributed by atoms with Crippen LogP contribution in [0.5, 0.6) is 0 Å². The fraction of sp³-hybridized carbons (Fsp3) is 0.444. The number of terminal acetylenes is 1. The minimum absolute atomic E-state index is 0.574. The van der Waals surface area contributed by atoms with Gasteiger partial charge in [0.2, 0.25) is 0 Å². The molecule has 0 rings (SSSR count). The first-order chi connectivity index (χ1) is 5.02. The Kier molecular flexibility index (Phi) is 3.37. The highest BCUT2D eigenvalue weighted by molar-refractivity contribution is 5.15. The predicted octanol–water partition coefficient (Wildman–Crippen LogP) is 0.776. The van der Waals surface area contributed by atoms with Crippen LogP contribution in [0, 0.1) is 23.7 Å². The number of rotatable bonds is 3. The molecule has 0 aromatic carbocycles. The second kappa shape index (κ2) is 3.81. The van der Waals surface area contributed by atoms with Gasteiger partial charge in [-0.25, -0.2) is 0 Å². The molecule has 0 amide bonds. The van der Waals surface area contributed by atoms with Gasteiger partial charge in [-0.15, -0.1) is 6.42 Å². The van der Waals surface area contributed by atoms with Gasteiger partial charge in [-0.1, -0.05) is 6.58 Å². The molecular formula is C9H13N2+. The van der Waals surface area contributed by atoms with Crippen molar-refractivity contribution < 1.29 is 4.48 Å². The minimum Gasteiger partial charge on any atom is -0.314 e. The van der Waals surface area contributed by atoms with Crippen molar-refractivity contribution in [2.24, 2.45) is 0 Å². The molecule has 0 aliphatic rings. The Morgan fingerprint density at radius 1 is 1.64 bits per heavy atom. The predicted molar refractivity (Wildman–Crippen MR) is 45.4 cm³/mol. The second-order valence-corrected chi connectivity index (χ2v) is 3.17. The van der Waals surface area contributed by atoms with E-state index >= 15 is 0 Å². The third-order valence-corrected chi connectivity index (χ3v) is 1.30. The molecule has 2 nitrogen and oxygen atoms in total. The maximum Gasteiger partial charge on any atom is 0.140 e. The molecule has 0 aromatic rings. The largest absolute Gasteiger partial charge is 0.314 e. The summed E-state index contributed by atoms with van der Waals surface area (Å²) in [6.07, 6.45) is 5.15. The number of likely N-dealkylation sites (N-methyl/N-ethyl adjacent to an activating group) is 1. The first-order valence-corrected chi connectivity index (χ1v) is 3.35. The molecular weight excluding hydrogens is 136 g/mol. The van der Waals surface area contributed by atoms with Gasteiger partial charge in [0.25, 0.3) is 0 Å². The number of hydrogen-bond donors (Lipinski definition) is 0. The zero-order valence-corrected chi connectivity index (χ0v) is 7.09. The monoisotopic (exact) mass is 149 g/mol. The fourth-order valence-electron chi connectivity index (χ4n) is 0.855. The van der Waals surface area contributed by atoms with Crippen molar-refractivity contribution in [2.45, 2.75) is 0 Å². The summed E-state index contributed by atoms with van der Waals surface area (Å²) in [5, 5.41) is 8.46. The average Bonchev–Trinajstić information content (AvgIpc) is 1.86. The van der Waals surface area contributed by atoms with E-state index in [-0.39, 0.29) is 0 Å². The van der Waals surface area contributed by atoms with E-state index in [0.29, 0.717) is 23.1 Å². The van der Waals surface area contributed by atoms with E-state index in [1.54, 1.807) is 0 Å². The first kappa shape index (κ1) is 9.75. The van der Waals surface area contributed by atoms with Crippen molar-refractivity contribution in [3.8, 4) is 18.4 Å².